The summed E-state index contributed by atoms with van der Waals surface area (Å²) in [6, 6.07) is 4.41. The molecule has 1 aliphatic heterocycles. The summed E-state index contributed by atoms with van der Waals surface area (Å²) in [5.41, 5.74) is 0.264. The summed E-state index contributed by atoms with van der Waals surface area (Å²) in [5, 5.41) is 3.18. The van der Waals surface area contributed by atoms with Crippen LogP contribution in [0.2, 0.25) is 0 Å². The molecule has 0 spiro atoms. The molecule has 1 unspecified atom stereocenters. The zero-order valence-corrected chi connectivity index (χ0v) is 12.9. The maximum atomic E-state index is 13.5. The third kappa shape index (κ3) is 4.64. The first-order chi connectivity index (χ1) is 9.61. The number of likely N-dealkylation sites (N-methyl/N-ethyl adjacent to an activating group) is 1. The molecule has 3 nitrogen and oxygen atoms in total. The smallest absolute Gasteiger partial charge is 0.222 e. The van der Waals surface area contributed by atoms with Crippen LogP contribution in [0.5, 0.6) is 0 Å². The lowest BCUT2D eigenvalue weighted by molar-refractivity contribution is -0.132. The molecule has 1 saturated heterocycles. The molecule has 1 aliphatic rings. The van der Waals surface area contributed by atoms with Crippen molar-refractivity contribution in [3.8, 4) is 0 Å². The van der Waals surface area contributed by atoms with E-state index in [2.05, 4.69) is 5.32 Å². The van der Waals surface area contributed by atoms with Gasteiger partial charge in [0.25, 0.3) is 0 Å². The molecule has 21 heavy (non-hydrogen) atoms. The Morgan fingerprint density at radius 3 is 2.90 bits per heavy atom. The van der Waals surface area contributed by atoms with E-state index in [9.17, 15) is 13.6 Å². The quantitative estimate of drug-likeness (QED) is 0.925. The van der Waals surface area contributed by atoms with E-state index in [1.54, 1.807) is 0 Å². The van der Waals surface area contributed by atoms with Crippen LogP contribution in [-0.2, 0) is 11.2 Å². The SMILES string of the molecule is CNC1CCCN(C(=O)CCc2cccc(F)c2F)C1.Cl. The van der Waals surface area contributed by atoms with Gasteiger partial charge in [-0.15, -0.1) is 12.4 Å². The number of likely N-dealkylation sites (tertiary alicyclic amines) is 1. The van der Waals surface area contributed by atoms with E-state index >= 15 is 0 Å². The van der Waals surface area contributed by atoms with Crippen LogP contribution in [-0.4, -0.2) is 37.0 Å². The topological polar surface area (TPSA) is 32.3 Å². The van der Waals surface area contributed by atoms with Crippen LogP contribution in [0.3, 0.4) is 0 Å². The Kier molecular flexibility index (Phi) is 7.05. The van der Waals surface area contributed by atoms with Crippen LogP contribution in [0.1, 0.15) is 24.8 Å². The summed E-state index contributed by atoms with van der Waals surface area (Å²) < 4.78 is 26.6. The molecule has 1 heterocycles. The van der Waals surface area contributed by atoms with E-state index < -0.39 is 11.6 Å². The van der Waals surface area contributed by atoms with Crippen molar-refractivity contribution in [2.75, 3.05) is 20.1 Å². The predicted octanol–water partition coefficient (Wildman–Crippen LogP) is 2.53. The lowest BCUT2D eigenvalue weighted by atomic mass is 10.0. The Morgan fingerprint density at radius 2 is 2.19 bits per heavy atom. The molecule has 2 rings (SSSR count). The molecule has 1 N–H and O–H groups in total. The van der Waals surface area contributed by atoms with Gasteiger partial charge in [0.15, 0.2) is 11.6 Å². The van der Waals surface area contributed by atoms with E-state index in [-0.39, 0.29) is 36.7 Å². The maximum absolute atomic E-state index is 13.5. The van der Waals surface area contributed by atoms with Crippen LogP contribution >= 0.6 is 12.4 Å². The van der Waals surface area contributed by atoms with Gasteiger partial charge < -0.3 is 10.2 Å². The lowest BCUT2D eigenvalue weighted by Gasteiger charge is -2.32. The number of hydrogen-bond donors (Lipinski definition) is 1. The molecule has 0 bridgehead atoms. The van der Waals surface area contributed by atoms with Crippen molar-refractivity contribution in [2.24, 2.45) is 0 Å². The second-order valence-electron chi connectivity index (χ2n) is 5.18. The number of nitrogens with one attached hydrogen (secondary N) is 1. The molecule has 0 aromatic heterocycles. The number of carbonyl (C=O) groups is 1. The van der Waals surface area contributed by atoms with E-state index in [4.69, 9.17) is 0 Å². The van der Waals surface area contributed by atoms with E-state index in [0.717, 1.165) is 25.5 Å². The van der Waals surface area contributed by atoms with Crippen LogP contribution in [0.4, 0.5) is 8.78 Å². The fraction of sp³-hybridized carbons (Fsp3) is 0.533. The molecule has 1 aromatic carbocycles. The van der Waals surface area contributed by atoms with Crippen LogP contribution < -0.4 is 5.32 Å². The molecule has 1 fully saturated rings. The fourth-order valence-corrected chi connectivity index (χ4v) is 2.58. The van der Waals surface area contributed by atoms with Crippen molar-refractivity contribution in [2.45, 2.75) is 31.7 Å². The molecular weight excluding hydrogens is 298 g/mol. The van der Waals surface area contributed by atoms with Crippen molar-refractivity contribution < 1.29 is 13.6 Å². The normalized spacial score (nSPS) is 18.2. The highest BCUT2D eigenvalue weighted by molar-refractivity contribution is 5.85. The zero-order valence-electron chi connectivity index (χ0n) is 12.1. The summed E-state index contributed by atoms with van der Waals surface area (Å²) in [4.78, 5) is 13.9. The zero-order chi connectivity index (χ0) is 14.5. The molecule has 118 valence electrons. The second kappa shape index (κ2) is 8.29. The van der Waals surface area contributed by atoms with Crippen molar-refractivity contribution in [1.82, 2.24) is 10.2 Å². The molecule has 1 atom stereocenters. The molecular formula is C15H21ClF2N2O. The van der Waals surface area contributed by atoms with Gasteiger partial charge in [0.1, 0.15) is 0 Å². The minimum absolute atomic E-state index is 0. The number of nitrogens with zero attached hydrogens (tertiary/aromatic N) is 1. The average Bonchev–Trinajstić information content (AvgIpc) is 2.48. The van der Waals surface area contributed by atoms with Crippen molar-refractivity contribution in [3.63, 3.8) is 0 Å². The third-order valence-corrected chi connectivity index (χ3v) is 3.82. The Hall–Kier alpha value is -1.20. The molecule has 6 heteroatoms. The third-order valence-electron chi connectivity index (χ3n) is 3.82. The summed E-state index contributed by atoms with van der Waals surface area (Å²) >= 11 is 0. The monoisotopic (exact) mass is 318 g/mol. The molecule has 0 saturated carbocycles. The second-order valence-corrected chi connectivity index (χ2v) is 5.18. The highest BCUT2D eigenvalue weighted by Crippen LogP contribution is 2.15. The van der Waals surface area contributed by atoms with Gasteiger partial charge in [0.05, 0.1) is 0 Å². The van der Waals surface area contributed by atoms with E-state index in [0.29, 0.717) is 12.6 Å². The Balaban J connectivity index is 0.00000220. The van der Waals surface area contributed by atoms with Gasteiger partial charge in [-0.3, -0.25) is 4.79 Å². The Labute approximate surface area is 130 Å². The van der Waals surface area contributed by atoms with Gasteiger partial charge in [-0.2, -0.15) is 0 Å². The fourth-order valence-electron chi connectivity index (χ4n) is 2.58. The molecule has 0 aliphatic carbocycles. The number of aryl methyl sites for hydroxylation is 1. The Morgan fingerprint density at radius 1 is 1.43 bits per heavy atom. The van der Waals surface area contributed by atoms with Crippen molar-refractivity contribution >= 4 is 18.3 Å². The molecule has 1 aromatic rings. The number of piperidine rings is 1. The number of halogens is 3. The summed E-state index contributed by atoms with van der Waals surface area (Å²) in [5.74, 6) is -1.69. The van der Waals surface area contributed by atoms with Crippen molar-refractivity contribution in [3.05, 3.63) is 35.4 Å². The van der Waals surface area contributed by atoms with Gasteiger partial charge in [0, 0.05) is 25.6 Å². The minimum atomic E-state index is -0.858. The van der Waals surface area contributed by atoms with Crippen molar-refractivity contribution in [1.29, 1.82) is 0 Å². The molecule has 0 radical (unpaired) electrons. The number of amides is 1. The number of carbonyl (C=O) groups excluding carboxylic acids is 1. The van der Waals surface area contributed by atoms with Crippen LogP contribution in [0, 0.1) is 11.6 Å². The standard InChI is InChI=1S/C15H20F2N2O.ClH/c1-18-12-5-3-9-19(10-12)14(20)8-7-11-4-2-6-13(16)15(11)17;/h2,4,6,12,18H,3,5,7-10H2,1H3;1H. The highest BCUT2D eigenvalue weighted by atomic mass is 35.5. The van der Waals surface area contributed by atoms with Gasteiger partial charge in [-0.1, -0.05) is 12.1 Å². The van der Waals surface area contributed by atoms with Gasteiger partial charge in [0.2, 0.25) is 5.91 Å². The summed E-state index contributed by atoms with van der Waals surface area (Å²) in [7, 11) is 1.89. The first-order valence-electron chi connectivity index (χ1n) is 6.99. The largest absolute Gasteiger partial charge is 0.341 e. The van der Waals surface area contributed by atoms with E-state index in [1.165, 1.54) is 12.1 Å². The number of benzene rings is 1. The van der Waals surface area contributed by atoms with Gasteiger partial charge >= 0.3 is 0 Å². The first-order valence-corrected chi connectivity index (χ1v) is 6.99. The lowest BCUT2D eigenvalue weighted by Crippen LogP contribution is -2.47. The number of hydrogen-bond acceptors (Lipinski definition) is 2. The first kappa shape index (κ1) is 17.9. The maximum Gasteiger partial charge on any atom is 0.222 e. The van der Waals surface area contributed by atoms with Gasteiger partial charge in [-0.25, -0.2) is 8.78 Å². The van der Waals surface area contributed by atoms with E-state index in [1.807, 2.05) is 11.9 Å². The van der Waals surface area contributed by atoms with Crippen LogP contribution in [0.15, 0.2) is 18.2 Å². The Bertz CT molecular complexity index is 485. The minimum Gasteiger partial charge on any atom is -0.341 e. The average molecular weight is 319 g/mol. The molecule has 1 amide bonds. The van der Waals surface area contributed by atoms with Crippen LogP contribution in [0.25, 0.3) is 0 Å². The predicted molar refractivity (Wildman–Crippen MR) is 80.6 cm³/mol. The highest BCUT2D eigenvalue weighted by Gasteiger charge is 2.22. The number of rotatable bonds is 4. The van der Waals surface area contributed by atoms with Gasteiger partial charge in [-0.05, 0) is 37.9 Å². The summed E-state index contributed by atoms with van der Waals surface area (Å²) in [6.07, 6.45) is 2.50. The summed E-state index contributed by atoms with van der Waals surface area (Å²) in [6.45, 7) is 1.45.